The number of benzene rings is 2. The van der Waals surface area contributed by atoms with Crippen molar-refractivity contribution in [2.24, 2.45) is 0 Å². The predicted octanol–water partition coefficient (Wildman–Crippen LogP) is 4.82. The fraction of sp³-hybridized carbons (Fsp3) is 0.304. The van der Waals surface area contributed by atoms with E-state index in [4.69, 9.17) is 4.74 Å². The lowest BCUT2D eigenvalue weighted by molar-refractivity contribution is -0.143. The fourth-order valence-electron chi connectivity index (χ4n) is 4.07. The molecular weight excluding hydrogens is 510 g/mol. The number of cyclic esters (lactones) is 1. The van der Waals surface area contributed by atoms with E-state index in [0.29, 0.717) is 33.5 Å². The maximum absolute atomic E-state index is 13.3. The summed E-state index contributed by atoms with van der Waals surface area (Å²) in [5.41, 5.74) is -2.73. The average molecular weight is 528 g/mol. The predicted molar refractivity (Wildman–Crippen MR) is 115 cm³/mol. The third kappa shape index (κ3) is 5.43. The van der Waals surface area contributed by atoms with Crippen molar-refractivity contribution in [2.45, 2.75) is 37.5 Å². The SMILES string of the molecule is O=C(NCc1cccc2cncnc12)N1C(=O)O[C@H](c2cc(C(F)(F)F)cc(C(F)(F)F)c2)[C@@H]1CCO. The molecule has 2 aromatic carbocycles. The summed E-state index contributed by atoms with van der Waals surface area (Å²) < 4.78 is 85.0. The Labute approximate surface area is 204 Å². The highest BCUT2D eigenvalue weighted by Gasteiger charge is 2.47. The molecule has 2 N–H and O–H groups in total. The first kappa shape index (κ1) is 26.1. The van der Waals surface area contributed by atoms with Crippen LogP contribution < -0.4 is 5.32 Å². The fourth-order valence-corrected chi connectivity index (χ4v) is 4.07. The maximum atomic E-state index is 13.3. The van der Waals surface area contributed by atoms with E-state index in [2.05, 4.69) is 15.3 Å². The van der Waals surface area contributed by atoms with Gasteiger partial charge in [-0.25, -0.2) is 24.5 Å². The van der Waals surface area contributed by atoms with Gasteiger partial charge in [0.2, 0.25) is 0 Å². The largest absolute Gasteiger partial charge is 0.439 e. The Balaban J connectivity index is 1.63. The van der Waals surface area contributed by atoms with Gasteiger partial charge >= 0.3 is 24.5 Å². The van der Waals surface area contributed by atoms with Gasteiger partial charge in [0.05, 0.1) is 22.7 Å². The molecule has 2 heterocycles. The number of hydrogen-bond acceptors (Lipinski definition) is 6. The molecule has 4 rings (SSSR count). The number of imide groups is 1. The molecule has 0 spiro atoms. The van der Waals surface area contributed by atoms with E-state index in [1.165, 1.54) is 6.33 Å². The number of hydrogen-bond donors (Lipinski definition) is 2. The average Bonchev–Trinajstić information content (AvgIpc) is 3.17. The van der Waals surface area contributed by atoms with Crippen LogP contribution in [0.2, 0.25) is 0 Å². The number of alkyl halides is 6. The zero-order valence-corrected chi connectivity index (χ0v) is 18.7. The third-order valence-electron chi connectivity index (χ3n) is 5.74. The number of amides is 3. The minimum absolute atomic E-state index is 0.0560. The molecule has 196 valence electrons. The summed E-state index contributed by atoms with van der Waals surface area (Å²) in [4.78, 5) is 34.1. The number of ether oxygens (including phenoxy) is 1. The number of urea groups is 1. The first-order valence-electron chi connectivity index (χ1n) is 10.8. The number of carbonyl (C=O) groups excluding carboxylic acids is 2. The molecule has 3 amide bonds. The molecule has 1 aromatic heterocycles. The number of aromatic nitrogens is 2. The first-order valence-corrected chi connectivity index (χ1v) is 10.8. The zero-order chi connectivity index (χ0) is 27.0. The summed E-state index contributed by atoms with van der Waals surface area (Å²) in [7, 11) is 0. The van der Waals surface area contributed by atoms with E-state index in [0.717, 1.165) is 0 Å². The molecule has 37 heavy (non-hydrogen) atoms. The van der Waals surface area contributed by atoms with Gasteiger partial charge in [0.25, 0.3) is 0 Å². The van der Waals surface area contributed by atoms with Crippen molar-refractivity contribution in [3.8, 4) is 0 Å². The van der Waals surface area contributed by atoms with Crippen molar-refractivity contribution in [1.29, 1.82) is 0 Å². The lowest BCUT2D eigenvalue weighted by Gasteiger charge is -2.24. The number of aliphatic hydroxyl groups excluding tert-OH is 1. The smallest absolute Gasteiger partial charge is 0.419 e. The molecule has 0 bridgehead atoms. The minimum Gasteiger partial charge on any atom is -0.439 e. The Morgan fingerprint density at radius 3 is 2.38 bits per heavy atom. The highest BCUT2D eigenvalue weighted by Crippen LogP contribution is 2.41. The minimum atomic E-state index is -5.12. The monoisotopic (exact) mass is 528 g/mol. The topological polar surface area (TPSA) is 105 Å². The second-order valence-electron chi connectivity index (χ2n) is 8.13. The summed E-state index contributed by atoms with van der Waals surface area (Å²) >= 11 is 0. The highest BCUT2D eigenvalue weighted by atomic mass is 19.4. The highest BCUT2D eigenvalue weighted by molar-refractivity contribution is 5.93. The molecule has 1 fully saturated rings. The summed E-state index contributed by atoms with van der Waals surface area (Å²) in [5, 5.41) is 12.6. The Bertz CT molecular complexity index is 1290. The molecule has 0 unspecified atom stereocenters. The van der Waals surface area contributed by atoms with Gasteiger partial charge in [-0.3, -0.25) is 0 Å². The van der Waals surface area contributed by atoms with E-state index in [9.17, 15) is 41.0 Å². The molecule has 0 saturated carbocycles. The van der Waals surface area contributed by atoms with Gasteiger partial charge in [0.15, 0.2) is 0 Å². The molecule has 1 aliphatic heterocycles. The van der Waals surface area contributed by atoms with E-state index in [1.54, 1.807) is 24.4 Å². The lowest BCUT2D eigenvalue weighted by atomic mass is 9.95. The van der Waals surface area contributed by atoms with E-state index in [1.807, 2.05) is 0 Å². The van der Waals surface area contributed by atoms with Crippen molar-refractivity contribution in [3.05, 3.63) is 71.2 Å². The van der Waals surface area contributed by atoms with Crippen LogP contribution in [0.1, 0.15) is 34.8 Å². The van der Waals surface area contributed by atoms with Crippen LogP contribution in [0.25, 0.3) is 10.9 Å². The van der Waals surface area contributed by atoms with E-state index in [-0.39, 0.29) is 19.0 Å². The Hall–Kier alpha value is -3.94. The molecule has 3 aromatic rings. The van der Waals surface area contributed by atoms with Crippen molar-refractivity contribution in [1.82, 2.24) is 20.2 Å². The molecule has 14 heteroatoms. The van der Waals surface area contributed by atoms with Crippen LogP contribution in [0.4, 0.5) is 35.9 Å². The maximum Gasteiger partial charge on any atom is 0.419 e. The number of halogens is 6. The summed E-state index contributed by atoms with van der Waals surface area (Å²) in [6, 6.07) is 3.49. The Kier molecular flexibility index (Phi) is 6.95. The van der Waals surface area contributed by atoms with Crippen LogP contribution in [0.15, 0.2) is 48.9 Å². The molecule has 8 nitrogen and oxygen atoms in total. The van der Waals surface area contributed by atoms with Gasteiger partial charge < -0.3 is 15.2 Å². The second-order valence-corrected chi connectivity index (χ2v) is 8.13. The zero-order valence-electron chi connectivity index (χ0n) is 18.7. The van der Waals surface area contributed by atoms with Gasteiger partial charge in [0.1, 0.15) is 12.4 Å². The number of fused-ring (bicyclic) bond motifs is 1. The first-order chi connectivity index (χ1) is 17.4. The van der Waals surface area contributed by atoms with Gasteiger partial charge in [-0.2, -0.15) is 26.3 Å². The normalized spacial score (nSPS) is 18.2. The molecule has 0 radical (unpaired) electrons. The Morgan fingerprint density at radius 2 is 1.76 bits per heavy atom. The number of carbonyl (C=O) groups is 2. The van der Waals surface area contributed by atoms with Crippen LogP contribution >= 0.6 is 0 Å². The summed E-state index contributed by atoms with van der Waals surface area (Å²) in [6.07, 6.45) is -10.7. The number of para-hydroxylation sites is 1. The number of rotatable bonds is 5. The summed E-state index contributed by atoms with van der Waals surface area (Å²) in [5.74, 6) is 0. The van der Waals surface area contributed by atoms with Crippen molar-refractivity contribution in [2.75, 3.05) is 6.61 Å². The number of nitrogens with one attached hydrogen (secondary N) is 1. The van der Waals surface area contributed by atoms with Crippen LogP contribution in [-0.4, -0.2) is 44.7 Å². The quantitative estimate of drug-likeness (QED) is 0.460. The molecule has 1 saturated heterocycles. The van der Waals surface area contributed by atoms with Crippen molar-refractivity contribution < 1.29 is 45.8 Å². The molecular formula is C23H18F6N4O4. The Morgan fingerprint density at radius 1 is 1.08 bits per heavy atom. The van der Waals surface area contributed by atoms with Crippen LogP contribution in [0.5, 0.6) is 0 Å². The number of aliphatic hydroxyl groups is 1. The van der Waals surface area contributed by atoms with Crippen LogP contribution in [0, 0.1) is 0 Å². The van der Waals surface area contributed by atoms with Crippen molar-refractivity contribution in [3.63, 3.8) is 0 Å². The van der Waals surface area contributed by atoms with Crippen molar-refractivity contribution >= 4 is 23.0 Å². The van der Waals surface area contributed by atoms with E-state index < -0.39 is 59.9 Å². The molecule has 0 aliphatic carbocycles. The number of nitrogens with zero attached hydrogens (tertiary/aromatic N) is 3. The van der Waals surface area contributed by atoms with Crippen LogP contribution in [-0.2, 0) is 23.6 Å². The van der Waals surface area contributed by atoms with Gasteiger partial charge in [-0.15, -0.1) is 0 Å². The van der Waals surface area contributed by atoms with Gasteiger partial charge in [-0.1, -0.05) is 18.2 Å². The molecule has 1 aliphatic rings. The second kappa shape index (κ2) is 9.84. The summed E-state index contributed by atoms with van der Waals surface area (Å²) in [6.45, 7) is -0.748. The van der Waals surface area contributed by atoms with Gasteiger partial charge in [-0.05, 0) is 35.7 Å². The van der Waals surface area contributed by atoms with Crippen LogP contribution in [0.3, 0.4) is 0 Å². The standard InChI is InChI=1S/C23H18F6N4O4/c24-22(25,26)15-6-14(7-16(8-15)23(27,28)29)19-17(4-5-34)33(21(36)37-19)20(35)31-10-13-3-1-2-12-9-30-11-32-18(12)13/h1-3,6-9,11,17,19,34H,4-5,10H2,(H,31,35)/t17-,19+/m0/s1. The van der Waals surface area contributed by atoms with Gasteiger partial charge in [0, 0.05) is 24.7 Å². The third-order valence-corrected chi connectivity index (χ3v) is 5.74. The lowest BCUT2D eigenvalue weighted by Crippen LogP contribution is -2.45. The molecule has 2 atom stereocenters. The van der Waals surface area contributed by atoms with E-state index >= 15 is 0 Å².